The monoisotopic (exact) mass is 427 g/mol. The highest BCUT2D eigenvalue weighted by Gasteiger charge is 2.56. The van der Waals surface area contributed by atoms with Gasteiger partial charge in [-0.05, 0) is 36.2 Å². The van der Waals surface area contributed by atoms with Crippen molar-refractivity contribution in [3.63, 3.8) is 0 Å². The lowest BCUT2D eigenvalue weighted by atomic mass is 10.1. The number of pyridine rings is 1. The number of nitrogens with zero attached hydrogens (tertiary/aromatic N) is 1. The summed E-state index contributed by atoms with van der Waals surface area (Å²) in [5, 5.41) is 4.57. The molecule has 0 saturated heterocycles. The molecule has 0 aliphatic heterocycles. The van der Waals surface area contributed by atoms with Crippen LogP contribution in [0.3, 0.4) is 0 Å². The van der Waals surface area contributed by atoms with Crippen molar-refractivity contribution >= 4 is 17.5 Å². The van der Waals surface area contributed by atoms with Crippen LogP contribution in [-0.2, 0) is 17.4 Å². The molecule has 3 rings (SSSR count). The van der Waals surface area contributed by atoms with Gasteiger partial charge in [0.15, 0.2) is 0 Å². The first kappa shape index (κ1) is 21.7. The van der Waals surface area contributed by atoms with Gasteiger partial charge in [0.2, 0.25) is 5.91 Å². The Morgan fingerprint density at radius 2 is 1.93 bits per heavy atom. The smallest absolute Gasteiger partial charge is 0.352 e. The average molecular weight is 427 g/mol. The Bertz CT molecular complexity index is 932. The van der Waals surface area contributed by atoms with E-state index in [0.29, 0.717) is 18.6 Å². The van der Waals surface area contributed by atoms with Crippen molar-refractivity contribution in [3.8, 4) is 0 Å². The van der Waals surface area contributed by atoms with E-state index in [1.54, 1.807) is 24.5 Å². The zero-order valence-corrected chi connectivity index (χ0v) is 15.6. The molecule has 1 fully saturated rings. The molecule has 1 aliphatic carbocycles. The topological polar surface area (TPSA) is 71.1 Å². The number of amides is 2. The van der Waals surface area contributed by atoms with E-state index in [9.17, 15) is 31.5 Å². The molecule has 30 heavy (non-hydrogen) atoms. The van der Waals surface area contributed by atoms with Crippen molar-refractivity contribution in [1.29, 1.82) is 0 Å². The summed E-state index contributed by atoms with van der Waals surface area (Å²) < 4.78 is 65.4. The summed E-state index contributed by atoms with van der Waals surface area (Å²) >= 11 is 0. The number of aromatic nitrogens is 1. The summed E-state index contributed by atoms with van der Waals surface area (Å²) in [7, 11) is 0. The lowest BCUT2D eigenvalue weighted by Gasteiger charge is -2.13. The molecule has 1 heterocycles. The highest BCUT2D eigenvalue weighted by Crippen LogP contribution is 2.48. The molecule has 1 aromatic carbocycles. The Morgan fingerprint density at radius 3 is 2.53 bits per heavy atom. The third-order valence-corrected chi connectivity index (χ3v) is 4.63. The SMILES string of the molecule is O=C(CCc1cccnc1)Nc1cc(C(=O)NCC2CC2(F)F)cc(C(F)(F)F)c1. The number of carbonyl (C=O) groups is 2. The lowest BCUT2D eigenvalue weighted by molar-refractivity contribution is -0.137. The Labute approximate surface area is 168 Å². The first-order chi connectivity index (χ1) is 14.0. The molecule has 1 unspecified atom stereocenters. The molecule has 0 bridgehead atoms. The van der Waals surface area contributed by atoms with Crippen LogP contribution in [0.25, 0.3) is 0 Å². The van der Waals surface area contributed by atoms with Crippen LogP contribution in [0, 0.1) is 5.92 Å². The predicted molar refractivity (Wildman–Crippen MR) is 98.0 cm³/mol. The second-order valence-corrected chi connectivity index (χ2v) is 7.08. The van der Waals surface area contributed by atoms with E-state index in [1.807, 2.05) is 0 Å². The van der Waals surface area contributed by atoms with Gasteiger partial charge in [-0.15, -0.1) is 0 Å². The van der Waals surface area contributed by atoms with Crippen LogP contribution >= 0.6 is 0 Å². The molecule has 1 saturated carbocycles. The van der Waals surface area contributed by atoms with Gasteiger partial charge < -0.3 is 10.6 Å². The first-order valence-corrected chi connectivity index (χ1v) is 9.12. The Balaban J connectivity index is 1.69. The highest BCUT2D eigenvalue weighted by molar-refractivity contribution is 5.97. The molecule has 2 N–H and O–H groups in total. The van der Waals surface area contributed by atoms with Gasteiger partial charge in [-0.2, -0.15) is 13.2 Å². The molecule has 2 aromatic rings. The third kappa shape index (κ3) is 5.74. The molecular formula is C20H18F5N3O2. The minimum Gasteiger partial charge on any atom is -0.352 e. The highest BCUT2D eigenvalue weighted by atomic mass is 19.4. The van der Waals surface area contributed by atoms with Crippen LogP contribution in [-0.4, -0.2) is 29.3 Å². The zero-order chi connectivity index (χ0) is 21.9. The molecule has 160 valence electrons. The molecule has 0 spiro atoms. The van der Waals surface area contributed by atoms with Gasteiger partial charge in [0, 0.05) is 48.9 Å². The fraction of sp³-hybridized carbons (Fsp3) is 0.350. The molecule has 1 aliphatic rings. The van der Waals surface area contributed by atoms with Crippen LogP contribution in [0.1, 0.15) is 34.3 Å². The first-order valence-electron chi connectivity index (χ1n) is 9.12. The lowest BCUT2D eigenvalue weighted by Crippen LogP contribution is -2.27. The van der Waals surface area contributed by atoms with Crippen molar-refractivity contribution in [3.05, 3.63) is 59.4 Å². The van der Waals surface area contributed by atoms with E-state index >= 15 is 0 Å². The van der Waals surface area contributed by atoms with Gasteiger partial charge >= 0.3 is 6.18 Å². The number of hydrogen-bond acceptors (Lipinski definition) is 3. The summed E-state index contributed by atoms with van der Waals surface area (Å²) in [6.07, 6.45) is -1.64. The summed E-state index contributed by atoms with van der Waals surface area (Å²) in [5.41, 5.74) is -0.928. The quantitative estimate of drug-likeness (QED) is 0.655. The predicted octanol–water partition coefficient (Wildman–Crippen LogP) is 4.06. The Hall–Kier alpha value is -3.04. The number of aryl methyl sites for hydroxylation is 1. The van der Waals surface area contributed by atoms with Gasteiger partial charge in [-0.3, -0.25) is 14.6 Å². The standard InChI is InChI=1S/C20H18F5N3O2/c21-19(22)9-15(19)11-27-18(30)13-6-14(20(23,24)25)8-16(7-13)28-17(29)4-3-12-2-1-5-26-10-12/h1-2,5-8,10,15H,3-4,9,11H2,(H,27,30)(H,28,29). The number of carbonyl (C=O) groups excluding carboxylic acids is 2. The summed E-state index contributed by atoms with van der Waals surface area (Å²) in [5.74, 6) is -5.33. The number of nitrogens with one attached hydrogen (secondary N) is 2. The zero-order valence-electron chi connectivity index (χ0n) is 15.6. The fourth-order valence-electron chi connectivity index (χ4n) is 2.83. The van der Waals surface area contributed by atoms with Gasteiger partial charge in [-0.25, -0.2) is 8.78 Å². The van der Waals surface area contributed by atoms with E-state index < -0.39 is 35.4 Å². The maximum atomic E-state index is 13.2. The van der Waals surface area contributed by atoms with Crippen molar-refractivity contribution in [2.75, 3.05) is 11.9 Å². The van der Waals surface area contributed by atoms with Gasteiger partial charge in [0.25, 0.3) is 11.8 Å². The Morgan fingerprint density at radius 1 is 1.20 bits per heavy atom. The summed E-state index contributed by atoms with van der Waals surface area (Å²) in [4.78, 5) is 28.2. The average Bonchev–Trinajstić information content (AvgIpc) is 3.31. The minimum absolute atomic E-state index is 0.000229. The van der Waals surface area contributed by atoms with E-state index in [-0.39, 0.29) is 30.6 Å². The molecule has 0 radical (unpaired) electrons. The van der Waals surface area contributed by atoms with Crippen molar-refractivity contribution < 1.29 is 31.5 Å². The van der Waals surface area contributed by atoms with E-state index in [4.69, 9.17) is 0 Å². The van der Waals surface area contributed by atoms with Crippen LogP contribution in [0.4, 0.5) is 27.6 Å². The van der Waals surface area contributed by atoms with Crippen molar-refractivity contribution in [1.82, 2.24) is 10.3 Å². The largest absolute Gasteiger partial charge is 0.416 e. The van der Waals surface area contributed by atoms with Crippen LogP contribution in [0.5, 0.6) is 0 Å². The number of halogens is 5. The van der Waals surface area contributed by atoms with E-state index in [2.05, 4.69) is 15.6 Å². The molecule has 10 heteroatoms. The molecule has 1 atom stereocenters. The minimum atomic E-state index is -4.75. The second-order valence-electron chi connectivity index (χ2n) is 7.08. The third-order valence-electron chi connectivity index (χ3n) is 4.63. The number of anilines is 1. The van der Waals surface area contributed by atoms with Gasteiger partial charge in [0.05, 0.1) is 5.56 Å². The maximum Gasteiger partial charge on any atom is 0.416 e. The number of alkyl halides is 5. The maximum absolute atomic E-state index is 13.2. The van der Waals surface area contributed by atoms with Gasteiger partial charge in [0.1, 0.15) is 0 Å². The molecule has 2 amide bonds. The van der Waals surface area contributed by atoms with Gasteiger partial charge in [-0.1, -0.05) is 6.07 Å². The van der Waals surface area contributed by atoms with Crippen LogP contribution in [0.2, 0.25) is 0 Å². The summed E-state index contributed by atoms with van der Waals surface area (Å²) in [6.45, 7) is -0.338. The number of hydrogen-bond donors (Lipinski definition) is 2. The molecule has 1 aromatic heterocycles. The van der Waals surface area contributed by atoms with Crippen molar-refractivity contribution in [2.24, 2.45) is 5.92 Å². The number of rotatable bonds is 7. The second kappa shape index (κ2) is 8.37. The normalized spacial score (nSPS) is 17.3. The fourth-order valence-corrected chi connectivity index (χ4v) is 2.83. The summed E-state index contributed by atoms with van der Waals surface area (Å²) in [6, 6.07) is 5.87. The van der Waals surface area contributed by atoms with E-state index in [1.165, 1.54) is 0 Å². The van der Waals surface area contributed by atoms with Crippen LogP contribution in [0.15, 0.2) is 42.7 Å². The number of benzene rings is 1. The molecule has 5 nitrogen and oxygen atoms in total. The van der Waals surface area contributed by atoms with Crippen molar-refractivity contribution in [2.45, 2.75) is 31.4 Å². The van der Waals surface area contributed by atoms with Crippen LogP contribution < -0.4 is 10.6 Å². The Kier molecular flexibility index (Phi) is 6.04. The van der Waals surface area contributed by atoms with E-state index in [0.717, 1.165) is 11.6 Å². The molecular weight excluding hydrogens is 409 g/mol.